The van der Waals surface area contributed by atoms with Gasteiger partial charge in [-0.3, -0.25) is 0 Å². The number of alkyl halides is 1. The average molecular weight is 439 g/mol. The third kappa shape index (κ3) is 3.66. The van der Waals surface area contributed by atoms with Crippen LogP contribution in [0.2, 0.25) is 0 Å². The second kappa shape index (κ2) is 6.00. The van der Waals surface area contributed by atoms with Gasteiger partial charge >= 0.3 is 0 Å². The number of halogens is 3. The quantitative estimate of drug-likeness (QED) is 0.496. The van der Waals surface area contributed by atoms with E-state index in [1.165, 1.54) is 20.5 Å². The summed E-state index contributed by atoms with van der Waals surface area (Å²) >= 11 is 12.6. The molecule has 1 aromatic heterocycles. The van der Waals surface area contributed by atoms with Crippen LogP contribution in [0.15, 0.2) is 37.9 Å². The highest BCUT2D eigenvalue weighted by Crippen LogP contribution is 2.40. The number of hydrogen-bond acceptors (Lipinski definition) is 1. The van der Waals surface area contributed by atoms with Crippen molar-refractivity contribution in [3.63, 3.8) is 0 Å². The lowest BCUT2D eigenvalue weighted by Gasteiger charge is -2.09. The molecule has 0 aliphatic heterocycles. The third-order valence-electron chi connectivity index (χ3n) is 2.56. The summed E-state index contributed by atoms with van der Waals surface area (Å²) < 4.78 is 2.35. The molecule has 0 aliphatic carbocycles. The molecule has 2 aromatic rings. The maximum atomic E-state index is 3.76. The summed E-state index contributed by atoms with van der Waals surface area (Å²) in [7, 11) is 0. The van der Waals surface area contributed by atoms with Gasteiger partial charge in [0.15, 0.2) is 0 Å². The molecule has 0 bridgehead atoms. The summed E-state index contributed by atoms with van der Waals surface area (Å²) in [5.41, 5.74) is 3.97. The zero-order valence-electron chi connectivity index (χ0n) is 9.21. The maximum absolute atomic E-state index is 3.76. The SMILES string of the molecule is Cc1ccc(CC(Br)c2cc(Br)sc2Br)cc1. The topological polar surface area (TPSA) is 0 Å². The Kier molecular flexibility index (Phi) is 4.87. The van der Waals surface area contributed by atoms with Crippen molar-refractivity contribution in [1.29, 1.82) is 0 Å². The van der Waals surface area contributed by atoms with Gasteiger partial charge in [-0.05, 0) is 62.4 Å². The minimum atomic E-state index is 0.349. The Morgan fingerprint density at radius 3 is 2.35 bits per heavy atom. The van der Waals surface area contributed by atoms with Gasteiger partial charge in [0.05, 0.1) is 7.57 Å². The molecule has 1 atom stereocenters. The van der Waals surface area contributed by atoms with Crippen molar-refractivity contribution in [1.82, 2.24) is 0 Å². The minimum Gasteiger partial charge on any atom is -0.121 e. The van der Waals surface area contributed by atoms with E-state index < -0.39 is 0 Å². The fourth-order valence-electron chi connectivity index (χ4n) is 1.61. The molecular weight excluding hydrogens is 428 g/mol. The van der Waals surface area contributed by atoms with Gasteiger partial charge in [0.1, 0.15) is 0 Å². The Hall–Kier alpha value is 0.360. The number of benzene rings is 1. The molecule has 0 aliphatic rings. The van der Waals surface area contributed by atoms with E-state index in [0.717, 1.165) is 10.2 Å². The molecular formula is C13H11Br3S. The number of hydrogen-bond donors (Lipinski definition) is 0. The van der Waals surface area contributed by atoms with E-state index >= 15 is 0 Å². The van der Waals surface area contributed by atoms with Gasteiger partial charge in [0, 0.05) is 4.83 Å². The van der Waals surface area contributed by atoms with Crippen molar-refractivity contribution < 1.29 is 0 Å². The van der Waals surface area contributed by atoms with Crippen LogP contribution < -0.4 is 0 Å². The Bertz CT molecular complexity index is 502. The first kappa shape index (κ1) is 13.8. The van der Waals surface area contributed by atoms with E-state index in [1.54, 1.807) is 11.3 Å². The third-order valence-corrected chi connectivity index (χ3v) is 5.76. The van der Waals surface area contributed by atoms with Gasteiger partial charge in [-0.25, -0.2) is 0 Å². The van der Waals surface area contributed by atoms with Crippen LogP contribution in [0.3, 0.4) is 0 Å². The smallest absolute Gasteiger partial charge is 0.0753 e. The molecule has 4 heteroatoms. The summed E-state index contributed by atoms with van der Waals surface area (Å²) in [6.07, 6.45) is 1.00. The molecule has 0 nitrogen and oxygen atoms in total. The van der Waals surface area contributed by atoms with Crippen LogP contribution in [0.1, 0.15) is 21.5 Å². The number of rotatable bonds is 3. The van der Waals surface area contributed by atoms with Gasteiger partial charge in [-0.1, -0.05) is 45.8 Å². The molecule has 90 valence electrons. The summed E-state index contributed by atoms with van der Waals surface area (Å²) in [5, 5.41) is 0. The molecule has 17 heavy (non-hydrogen) atoms. The molecule has 0 fully saturated rings. The molecule has 1 aromatic carbocycles. The first-order valence-corrected chi connectivity index (χ1v) is 8.52. The van der Waals surface area contributed by atoms with Crippen molar-refractivity contribution in [2.75, 3.05) is 0 Å². The Morgan fingerprint density at radius 2 is 1.82 bits per heavy atom. The van der Waals surface area contributed by atoms with Crippen LogP contribution in [0.25, 0.3) is 0 Å². The number of aryl methyl sites for hydroxylation is 1. The van der Waals surface area contributed by atoms with Gasteiger partial charge < -0.3 is 0 Å². The second-order valence-corrected chi connectivity index (χ2v) is 8.79. The molecule has 1 unspecified atom stereocenters. The molecule has 1 heterocycles. The Morgan fingerprint density at radius 1 is 1.18 bits per heavy atom. The summed E-state index contributed by atoms with van der Waals surface area (Å²) in [6.45, 7) is 2.11. The lowest BCUT2D eigenvalue weighted by atomic mass is 10.1. The predicted molar refractivity (Wildman–Crippen MR) is 86.3 cm³/mol. The standard InChI is InChI=1S/C13H11Br3S/c1-8-2-4-9(5-3-8)6-11(14)10-7-12(15)17-13(10)16/h2-5,7,11H,6H2,1H3. The van der Waals surface area contributed by atoms with Crippen molar-refractivity contribution in [2.24, 2.45) is 0 Å². The van der Waals surface area contributed by atoms with E-state index in [0.29, 0.717) is 4.83 Å². The molecule has 0 amide bonds. The zero-order chi connectivity index (χ0) is 12.4. The van der Waals surface area contributed by atoms with E-state index in [2.05, 4.69) is 85.0 Å². The first-order chi connectivity index (χ1) is 8.06. The van der Waals surface area contributed by atoms with Gasteiger partial charge in [-0.15, -0.1) is 11.3 Å². The van der Waals surface area contributed by atoms with Crippen LogP contribution in [0.5, 0.6) is 0 Å². The normalized spacial score (nSPS) is 12.7. The van der Waals surface area contributed by atoms with Crippen molar-refractivity contribution in [3.05, 3.63) is 54.6 Å². The van der Waals surface area contributed by atoms with Crippen molar-refractivity contribution in [2.45, 2.75) is 18.2 Å². The van der Waals surface area contributed by atoms with Gasteiger partial charge in [0.25, 0.3) is 0 Å². The zero-order valence-corrected chi connectivity index (χ0v) is 14.8. The maximum Gasteiger partial charge on any atom is 0.0753 e. The summed E-state index contributed by atoms with van der Waals surface area (Å²) in [4.78, 5) is 0.349. The fraction of sp³-hybridized carbons (Fsp3) is 0.231. The molecule has 0 saturated heterocycles. The van der Waals surface area contributed by atoms with Crippen molar-refractivity contribution in [3.8, 4) is 0 Å². The highest BCUT2D eigenvalue weighted by molar-refractivity contribution is 9.12. The Labute approximate surface area is 131 Å². The lowest BCUT2D eigenvalue weighted by molar-refractivity contribution is 0.949. The molecule has 0 saturated carbocycles. The Balaban J connectivity index is 2.14. The molecule has 0 radical (unpaired) electrons. The lowest BCUT2D eigenvalue weighted by Crippen LogP contribution is -1.94. The minimum absolute atomic E-state index is 0.349. The summed E-state index contributed by atoms with van der Waals surface area (Å²) in [6, 6.07) is 10.9. The van der Waals surface area contributed by atoms with E-state index in [1.807, 2.05) is 0 Å². The summed E-state index contributed by atoms with van der Waals surface area (Å²) in [5.74, 6) is 0. The van der Waals surface area contributed by atoms with Gasteiger partial charge in [-0.2, -0.15) is 0 Å². The number of thiophene rings is 1. The average Bonchev–Trinajstić information content (AvgIpc) is 2.61. The predicted octanol–water partition coefficient (Wildman–Crippen LogP) is 6.26. The highest BCUT2D eigenvalue weighted by Gasteiger charge is 2.14. The van der Waals surface area contributed by atoms with Crippen molar-refractivity contribution >= 4 is 59.1 Å². The van der Waals surface area contributed by atoms with Crippen LogP contribution >= 0.6 is 59.1 Å². The van der Waals surface area contributed by atoms with E-state index in [9.17, 15) is 0 Å². The molecule has 0 spiro atoms. The first-order valence-electron chi connectivity index (χ1n) is 5.20. The fourth-order valence-corrected chi connectivity index (χ4v) is 5.78. The van der Waals surface area contributed by atoms with Gasteiger partial charge in [0.2, 0.25) is 0 Å². The largest absolute Gasteiger partial charge is 0.121 e. The van der Waals surface area contributed by atoms with Crippen LogP contribution in [0.4, 0.5) is 0 Å². The monoisotopic (exact) mass is 436 g/mol. The van der Waals surface area contributed by atoms with Crippen LogP contribution in [-0.2, 0) is 6.42 Å². The molecule has 0 N–H and O–H groups in total. The van der Waals surface area contributed by atoms with Crippen LogP contribution in [-0.4, -0.2) is 0 Å². The highest BCUT2D eigenvalue weighted by atomic mass is 79.9. The van der Waals surface area contributed by atoms with E-state index in [4.69, 9.17) is 0 Å². The molecule has 2 rings (SSSR count). The van der Waals surface area contributed by atoms with E-state index in [-0.39, 0.29) is 0 Å². The second-order valence-electron chi connectivity index (χ2n) is 3.94. The van der Waals surface area contributed by atoms with Crippen LogP contribution in [0, 0.1) is 6.92 Å².